The fourth-order valence-electron chi connectivity index (χ4n) is 2.14. The van der Waals surface area contributed by atoms with E-state index in [0.29, 0.717) is 0 Å². The van der Waals surface area contributed by atoms with E-state index in [-0.39, 0.29) is 12.1 Å². The molecule has 2 aromatic rings. The number of nitrogens with zero attached hydrogens (tertiary/aromatic N) is 1. The van der Waals surface area contributed by atoms with Gasteiger partial charge in [-0.25, -0.2) is 4.98 Å². The van der Waals surface area contributed by atoms with Gasteiger partial charge in [0.15, 0.2) is 0 Å². The number of nitrogens with two attached hydrogens (primary N) is 1. The van der Waals surface area contributed by atoms with Crippen LogP contribution in [0.25, 0.3) is 0 Å². The predicted molar refractivity (Wildman–Crippen MR) is 79.5 cm³/mol. The smallest absolute Gasteiger partial charge is 0.0976 e. The van der Waals surface area contributed by atoms with Crippen LogP contribution in [0.5, 0.6) is 0 Å². The summed E-state index contributed by atoms with van der Waals surface area (Å²) < 4.78 is 5.56. The lowest BCUT2D eigenvalue weighted by atomic mass is 10.0. The van der Waals surface area contributed by atoms with E-state index in [4.69, 9.17) is 10.5 Å². The van der Waals surface area contributed by atoms with Crippen LogP contribution in [-0.2, 0) is 11.2 Å². The third-order valence-electron chi connectivity index (χ3n) is 3.25. The minimum Gasteiger partial charge on any atom is -0.375 e. The fraction of sp³-hybridized carbons (Fsp3) is 0.400. The molecule has 19 heavy (non-hydrogen) atoms. The number of methoxy groups -OCH3 is 1. The standard InChI is InChI=1S/C15H20N2OS/c1-10-11(2)19-14(17-10)9-13(16)15(18-3)12-7-5-4-6-8-12/h4-8,13,15H,9,16H2,1-3H3. The summed E-state index contributed by atoms with van der Waals surface area (Å²) in [7, 11) is 1.70. The summed E-state index contributed by atoms with van der Waals surface area (Å²) in [5, 5.41) is 1.08. The zero-order valence-corrected chi connectivity index (χ0v) is 12.4. The van der Waals surface area contributed by atoms with Gasteiger partial charge >= 0.3 is 0 Å². The number of thiazole rings is 1. The van der Waals surface area contributed by atoms with E-state index in [1.807, 2.05) is 37.3 Å². The monoisotopic (exact) mass is 276 g/mol. The second-order valence-electron chi connectivity index (χ2n) is 4.68. The highest BCUT2D eigenvalue weighted by Crippen LogP contribution is 2.24. The Labute approximate surface area is 118 Å². The highest BCUT2D eigenvalue weighted by molar-refractivity contribution is 7.11. The van der Waals surface area contributed by atoms with Crippen LogP contribution >= 0.6 is 11.3 Å². The molecule has 1 aromatic carbocycles. The molecule has 0 saturated carbocycles. The minimum absolute atomic E-state index is 0.0858. The fourth-order valence-corrected chi connectivity index (χ4v) is 3.14. The van der Waals surface area contributed by atoms with E-state index >= 15 is 0 Å². The van der Waals surface area contributed by atoms with Crippen molar-refractivity contribution >= 4 is 11.3 Å². The molecule has 3 nitrogen and oxygen atoms in total. The maximum absolute atomic E-state index is 6.29. The van der Waals surface area contributed by atoms with Crippen LogP contribution in [0.4, 0.5) is 0 Å². The van der Waals surface area contributed by atoms with Gasteiger partial charge in [0, 0.05) is 24.4 Å². The van der Waals surface area contributed by atoms with Crippen molar-refractivity contribution in [1.29, 1.82) is 0 Å². The van der Waals surface area contributed by atoms with Crippen molar-refractivity contribution in [3.63, 3.8) is 0 Å². The van der Waals surface area contributed by atoms with E-state index in [2.05, 4.69) is 11.9 Å². The van der Waals surface area contributed by atoms with Gasteiger partial charge in [0.1, 0.15) is 0 Å². The number of ether oxygens (including phenoxy) is 1. The Hall–Kier alpha value is -1.23. The quantitative estimate of drug-likeness (QED) is 0.913. The summed E-state index contributed by atoms with van der Waals surface area (Å²) in [6.45, 7) is 4.12. The number of hydrogen-bond donors (Lipinski definition) is 1. The largest absolute Gasteiger partial charge is 0.375 e. The molecule has 0 aliphatic carbocycles. The van der Waals surface area contributed by atoms with Crippen LogP contribution in [0, 0.1) is 13.8 Å². The molecule has 0 bridgehead atoms. The Kier molecular flexibility index (Phi) is 4.69. The average Bonchev–Trinajstić information content (AvgIpc) is 2.70. The van der Waals surface area contributed by atoms with Crippen LogP contribution in [0.15, 0.2) is 30.3 Å². The Balaban J connectivity index is 2.11. The lowest BCUT2D eigenvalue weighted by Gasteiger charge is -2.22. The van der Waals surface area contributed by atoms with Gasteiger partial charge in [-0.2, -0.15) is 0 Å². The van der Waals surface area contributed by atoms with E-state index in [0.717, 1.165) is 22.7 Å². The summed E-state index contributed by atoms with van der Waals surface area (Å²) >= 11 is 1.72. The topological polar surface area (TPSA) is 48.1 Å². The van der Waals surface area contributed by atoms with Crippen molar-refractivity contribution in [3.05, 3.63) is 51.5 Å². The molecule has 4 heteroatoms. The Morgan fingerprint density at radius 3 is 2.47 bits per heavy atom. The molecule has 0 saturated heterocycles. The molecule has 0 aliphatic heterocycles. The first-order valence-corrected chi connectivity index (χ1v) is 7.19. The van der Waals surface area contributed by atoms with Gasteiger partial charge in [-0.05, 0) is 19.4 Å². The molecule has 0 fully saturated rings. The van der Waals surface area contributed by atoms with Gasteiger partial charge in [-0.3, -0.25) is 0 Å². The first kappa shape index (κ1) is 14.2. The van der Waals surface area contributed by atoms with Crippen molar-refractivity contribution in [2.45, 2.75) is 32.4 Å². The number of rotatable bonds is 5. The van der Waals surface area contributed by atoms with Crippen LogP contribution in [0.2, 0.25) is 0 Å². The summed E-state index contributed by atoms with van der Waals surface area (Å²) in [6, 6.07) is 10.0. The number of benzene rings is 1. The average molecular weight is 276 g/mol. The highest BCUT2D eigenvalue weighted by atomic mass is 32.1. The second kappa shape index (κ2) is 6.28. The maximum atomic E-state index is 6.29. The molecule has 1 heterocycles. The Bertz CT molecular complexity index is 505. The van der Waals surface area contributed by atoms with Gasteiger partial charge in [-0.1, -0.05) is 30.3 Å². The van der Waals surface area contributed by atoms with Crippen molar-refractivity contribution in [3.8, 4) is 0 Å². The number of aryl methyl sites for hydroxylation is 2. The Morgan fingerprint density at radius 1 is 1.26 bits per heavy atom. The van der Waals surface area contributed by atoms with E-state index in [9.17, 15) is 0 Å². The molecule has 2 atom stereocenters. The van der Waals surface area contributed by atoms with E-state index < -0.39 is 0 Å². The van der Waals surface area contributed by atoms with Gasteiger partial charge in [0.2, 0.25) is 0 Å². The predicted octanol–water partition coefficient (Wildman–Crippen LogP) is 3.02. The molecule has 1 aromatic heterocycles. The zero-order valence-electron chi connectivity index (χ0n) is 11.6. The third kappa shape index (κ3) is 3.41. The van der Waals surface area contributed by atoms with Crippen molar-refractivity contribution < 1.29 is 4.74 Å². The summed E-state index contributed by atoms with van der Waals surface area (Å²) in [6.07, 6.45) is 0.651. The maximum Gasteiger partial charge on any atom is 0.0976 e. The van der Waals surface area contributed by atoms with Crippen LogP contribution in [0.1, 0.15) is 27.2 Å². The van der Waals surface area contributed by atoms with Crippen molar-refractivity contribution in [1.82, 2.24) is 4.98 Å². The zero-order chi connectivity index (χ0) is 13.8. The van der Waals surface area contributed by atoms with Crippen molar-refractivity contribution in [2.24, 2.45) is 5.73 Å². The molecular weight excluding hydrogens is 256 g/mol. The molecule has 0 amide bonds. The minimum atomic E-state index is -0.0919. The summed E-state index contributed by atoms with van der Waals surface area (Å²) in [5.74, 6) is 0. The highest BCUT2D eigenvalue weighted by Gasteiger charge is 2.21. The van der Waals surface area contributed by atoms with E-state index in [1.54, 1.807) is 18.4 Å². The molecule has 2 rings (SSSR count). The molecule has 102 valence electrons. The van der Waals surface area contributed by atoms with Gasteiger partial charge in [-0.15, -0.1) is 11.3 Å². The van der Waals surface area contributed by atoms with Crippen LogP contribution in [0.3, 0.4) is 0 Å². The first-order valence-electron chi connectivity index (χ1n) is 6.38. The molecule has 0 spiro atoms. The normalized spacial score (nSPS) is 14.3. The van der Waals surface area contributed by atoms with Crippen molar-refractivity contribution in [2.75, 3.05) is 7.11 Å². The lowest BCUT2D eigenvalue weighted by molar-refractivity contribution is 0.0802. The Morgan fingerprint density at radius 2 is 1.95 bits per heavy atom. The molecule has 0 aliphatic rings. The molecular formula is C15H20N2OS. The first-order chi connectivity index (χ1) is 9.11. The van der Waals surface area contributed by atoms with E-state index in [1.165, 1.54) is 4.88 Å². The summed E-state index contributed by atoms with van der Waals surface area (Å²) in [5.41, 5.74) is 8.50. The number of hydrogen-bond acceptors (Lipinski definition) is 4. The second-order valence-corrected chi connectivity index (χ2v) is 5.97. The SMILES string of the molecule is COC(c1ccccc1)C(N)Cc1nc(C)c(C)s1. The third-order valence-corrected chi connectivity index (χ3v) is 4.35. The molecule has 2 unspecified atom stereocenters. The van der Waals surface area contributed by atoms with Gasteiger partial charge in [0.25, 0.3) is 0 Å². The molecule has 0 radical (unpaired) electrons. The number of aromatic nitrogens is 1. The van der Waals surface area contributed by atoms with Gasteiger partial charge in [0.05, 0.1) is 16.8 Å². The molecule has 2 N–H and O–H groups in total. The van der Waals surface area contributed by atoms with Crippen LogP contribution in [-0.4, -0.2) is 18.1 Å². The summed E-state index contributed by atoms with van der Waals surface area (Å²) in [4.78, 5) is 5.80. The van der Waals surface area contributed by atoms with Crippen LogP contribution < -0.4 is 5.73 Å². The van der Waals surface area contributed by atoms with Gasteiger partial charge < -0.3 is 10.5 Å². The lowest BCUT2D eigenvalue weighted by Crippen LogP contribution is -2.31.